The second kappa shape index (κ2) is 14.2. The van der Waals surface area contributed by atoms with Crippen LogP contribution in [0.1, 0.15) is 103 Å². The Hall–Kier alpha value is -2.99. The average Bonchev–Trinajstić information content (AvgIpc) is 3.01. The molecule has 2 fully saturated rings. The van der Waals surface area contributed by atoms with E-state index in [9.17, 15) is 4.79 Å². The molecule has 45 heavy (non-hydrogen) atoms. The van der Waals surface area contributed by atoms with Crippen LogP contribution in [-0.4, -0.2) is 28.5 Å². The number of ether oxygens (including phenoxy) is 2. The van der Waals surface area contributed by atoms with Crippen molar-refractivity contribution >= 4 is 44.0 Å². The van der Waals surface area contributed by atoms with Gasteiger partial charge in [0.05, 0.1) is 11.0 Å². The largest absolute Gasteiger partial charge is 0.474 e. The Kier molecular flexibility index (Phi) is 10.5. The summed E-state index contributed by atoms with van der Waals surface area (Å²) in [7, 11) is 0. The van der Waals surface area contributed by atoms with E-state index in [2.05, 4.69) is 79.6 Å². The van der Waals surface area contributed by atoms with E-state index in [1.165, 1.54) is 25.7 Å². The molecular weight excluding hydrogens is 624 g/mol. The SMILES string of the molecule is CC(C)(C)C1CCC(Oc2ccc3cc(Br)ccc3n2)CC1.CC(C)(C)C1CCC(Oc2ccc3cc(C=O)ccc3n2)CC1. The Balaban J connectivity index is 0.000000178. The number of hydrogen-bond acceptors (Lipinski definition) is 5. The second-order valence-corrected chi connectivity index (χ2v) is 16.0. The van der Waals surface area contributed by atoms with Gasteiger partial charge in [-0.1, -0.05) is 57.5 Å². The molecule has 2 aliphatic rings. The molecule has 0 bridgehead atoms. The Morgan fingerprint density at radius 3 is 1.51 bits per heavy atom. The van der Waals surface area contributed by atoms with Crippen LogP contribution < -0.4 is 9.47 Å². The summed E-state index contributed by atoms with van der Waals surface area (Å²) in [5, 5.41) is 2.11. The Labute approximate surface area is 277 Å². The normalized spacial score (nSPS) is 22.4. The van der Waals surface area contributed by atoms with Crippen molar-refractivity contribution in [3.8, 4) is 11.8 Å². The molecule has 0 aliphatic heterocycles. The molecule has 6 heteroatoms. The fraction of sp³-hybridized carbons (Fsp3) is 0.513. The molecule has 0 amide bonds. The molecule has 5 nitrogen and oxygen atoms in total. The average molecular weight is 674 g/mol. The highest BCUT2D eigenvalue weighted by molar-refractivity contribution is 9.10. The summed E-state index contributed by atoms with van der Waals surface area (Å²) in [4.78, 5) is 20.0. The van der Waals surface area contributed by atoms with Crippen LogP contribution in [-0.2, 0) is 0 Å². The minimum atomic E-state index is 0.271. The van der Waals surface area contributed by atoms with Gasteiger partial charge in [-0.25, -0.2) is 9.97 Å². The van der Waals surface area contributed by atoms with E-state index in [0.29, 0.717) is 28.4 Å². The van der Waals surface area contributed by atoms with Gasteiger partial charge in [0.2, 0.25) is 11.8 Å². The maximum atomic E-state index is 10.8. The minimum absolute atomic E-state index is 0.271. The summed E-state index contributed by atoms with van der Waals surface area (Å²) in [5.41, 5.74) is 3.34. The van der Waals surface area contributed by atoms with Crippen molar-refractivity contribution in [3.63, 3.8) is 0 Å². The van der Waals surface area contributed by atoms with Crippen molar-refractivity contribution in [1.82, 2.24) is 9.97 Å². The van der Waals surface area contributed by atoms with Gasteiger partial charge in [0.1, 0.15) is 18.5 Å². The molecule has 2 aromatic carbocycles. The van der Waals surface area contributed by atoms with Gasteiger partial charge in [0, 0.05) is 32.9 Å². The zero-order chi connectivity index (χ0) is 32.2. The van der Waals surface area contributed by atoms with Crippen LogP contribution in [0.2, 0.25) is 0 Å². The van der Waals surface area contributed by atoms with Crippen molar-refractivity contribution in [2.75, 3.05) is 0 Å². The molecule has 4 aromatic rings. The van der Waals surface area contributed by atoms with E-state index in [1.807, 2.05) is 42.5 Å². The molecular formula is C39H49BrN2O3. The predicted molar refractivity (Wildman–Crippen MR) is 188 cm³/mol. The van der Waals surface area contributed by atoms with E-state index in [4.69, 9.17) is 9.47 Å². The first-order valence-electron chi connectivity index (χ1n) is 16.6. The number of carbonyl (C=O) groups excluding carboxylic acids is 1. The fourth-order valence-electron chi connectivity index (χ4n) is 6.84. The molecule has 2 saturated carbocycles. The van der Waals surface area contributed by atoms with Gasteiger partial charge in [-0.3, -0.25) is 4.79 Å². The van der Waals surface area contributed by atoms with Crippen molar-refractivity contribution in [1.29, 1.82) is 0 Å². The Morgan fingerprint density at radius 2 is 1.07 bits per heavy atom. The molecule has 0 unspecified atom stereocenters. The van der Waals surface area contributed by atoms with E-state index < -0.39 is 0 Å². The second-order valence-electron chi connectivity index (χ2n) is 15.1. The summed E-state index contributed by atoms with van der Waals surface area (Å²) in [6, 6.07) is 19.6. The fourth-order valence-corrected chi connectivity index (χ4v) is 7.22. The van der Waals surface area contributed by atoms with Gasteiger partial charge in [-0.2, -0.15) is 0 Å². The minimum Gasteiger partial charge on any atom is -0.474 e. The van der Waals surface area contributed by atoms with Crippen LogP contribution in [0.3, 0.4) is 0 Å². The van der Waals surface area contributed by atoms with Crippen molar-refractivity contribution in [2.45, 2.75) is 105 Å². The predicted octanol–water partition coefficient (Wildman–Crippen LogP) is 11.0. The van der Waals surface area contributed by atoms with Crippen LogP contribution in [0.4, 0.5) is 0 Å². The first-order valence-corrected chi connectivity index (χ1v) is 17.4. The number of carbonyl (C=O) groups is 1. The molecule has 240 valence electrons. The van der Waals surface area contributed by atoms with Crippen LogP contribution >= 0.6 is 15.9 Å². The van der Waals surface area contributed by atoms with E-state index >= 15 is 0 Å². The number of nitrogens with zero attached hydrogens (tertiary/aromatic N) is 2. The molecule has 0 N–H and O–H groups in total. The maximum absolute atomic E-state index is 10.8. The van der Waals surface area contributed by atoms with Gasteiger partial charge in [-0.15, -0.1) is 0 Å². The number of aldehydes is 1. The highest BCUT2D eigenvalue weighted by atomic mass is 79.9. The summed E-state index contributed by atoms with van der Waals surface area (Å²) >= 11 is 3.49. The van der Waals surface area contributed by atoms with E-state index in [1.54, 1.807) is 6.07 Å². The molecule has 2 aliphatic carbocycles. The summed E-state index contributed by atoms with van der Waals surface area (Å²) < 4.78 is 13.3. The smallest absolute Gasteiger partial charge is 0.214 e. The lowest BCUT2D eigenvalue weighted by atomic mass is 9.72. The van der Waals surface area contributed by atoms with Gasteiger partial charge >= 0.3 is 0 Å². The van der Waals surface area contributed by atoms with Crippen LogP contribution in [0.25, 0.3) is 21.8 Å². The lowest BCUT2D eigenvalue weighted by molar-refractivity contribution is 0.0851. The van der Waals surface area contributed by atoms with Crippen LogP contribution in [0.5, 0.6) is 11.8 Å². The molecule has 2 aromatic heterocycles. The first-order chi connectivity index (χ1) is 21.4. The van der Waals surface area contributed by atoms with Gasteiger partial charge in [0.25, 0.3) is 0 Å². The topological polar surface area (TPSA) is 61.3 Å². The highest BCUT2D eigenvalue weighted by Gasteiger charge is 2.31. The zero-order valence-corrected chi connectivity index (χ0v) is 29.4. The van der Waals surface area contributed by atoms with E-state index in [-0.39, 0.29) is 6.10 Å². The number of halogens is 1. The van der Waals surface area contributed by atoms with Crippen LogP contribution in [0, 0.1) is 22.7 Å². The number of benzene rings is 2. The quantitative estimate of drug-likeness (QED) is 0.197. The highest BCUT2D eigenvalue weighted by Crippen LogP contribution is 2.40. The van der Waals surface area contributed by atoms with Gasteiger partial charge in [-0.05, 0) is 123 Å². The third kappa shape index (κ3) is 9.06. The standard InChI is InChI=1S/C20H25NO2.C19H24BrNO/c1-20(2,3)16-6-8-17(9-7-16)23-19-11-5-15-12-14(13-22)4-10-18(15)21-19;1-19(2,3)14-5-8-16(9-6-14)22-18-11-4-13-12-15(20)7-10-17(13)21-18/h4-5,10-13,16-17H,6-9H2,1-3H3;4,7,10-12,14,16H,5-6,8-9H2,1-3H3. The van der Waals surface area contributed by atoms with Gasteiger partial charge < -0.3 is 9.47 Å². The van der Waals surface area contributed by atoms with E-state index in [0.717, 1.165) is 76.0 Å². The number of rotatable bonds is 5. The number of fused-ring (bicyclic) bond motifs is 2. The number of hydrogen-bond donors (Lipinski definition) is 0. The zero-order valence-electron chi connectivity index (χ0n) is 27.8. The van der Waals surface area contributed by atoms with Gasteiger partial charge in [0.15, 0.2) is 0 Å². The summed E-state index contributed by atoms with van der Waals surface area (Å²) in [6.45, 7) is 14.0. The first kappa shape index (κ1) is 33.4. The van der Waals surface area contributed by atoms with Crippen molar-refractivity contribution in [3.05, 3.63) is 70.7 Å². The lowest BCUT2D eigenvalue weighted by Gasteiger charge is -2.36. The monoisotopic (exact) mass is 672 g/mol. The molecule has 0 radical (unpaired) electrons. The molecule has 0 saturated heterocycles. The third-order valence-corrected chi connectivity index (χ3v) is 10.3. The third-order valence-electron chi connectivity index (χ3n) is 9.82. The van der Waals surface area contributed by atoms with Crippen LogP contribution in [0.15, 0.2) is 65.1 Å². The molecule has 2 heterocycles. The summed E-state index contributed by atoms with van der Waals surface area (Å²) in [5.74, 6) is 3.05. The maximum Gasteiger partial charge on any atom is 0.214 e. The Morgan fingerprint density at radius 1 is 0.622 bits per heavy atom. The molecule has 0 atom stereocenters. The summed E-state index contributed by atoms with van der Waals surface area (Å²) in [6.07, 6.45) is 10.9. The lowest BCUT2D eigenvalue weighted by Crippen LogP contribution is -2.30. The molecule has 0 spiro atoms. The van der Waals surface area contributed by atoms with Crippen molar-refractivity contribution < 1.29 is 14.3 Å². The molecule has 6 rings (SSSR count). The van der Waals surface area contributed by atoms with Crippen molar-refractivity contribution in [2.24, 2.45) is 22.7 Å². The number of aromatic nitrogens is 2. The Bertz CT molecular complexity index is 1590. The number of pyridine rings is 2.